The van der Waals surface area contributed by atoms with Crippen LogP contribution in [-0.4, -0.2) is 37.0 Å². The van der Waals surface area contributed by atoms with E-state index in [1.165, 1.54) is 0 Å². The van der Waals surface area contributed by atoms with Gasteiger partial charge in [-0.25, -0.2) is 4.98 Å². The second kappa shape index (κ2) is 10.3. The number of nitrogens with one attached hydrogen (secondary N) is 2. The van der Waals surface area contributed by atoms with Crippen LogP contribution in [0.4, 0.5) is 5.69 Å². The number of hydrogen-bond acceptors (Lipinski definition) is 4. The predicted octanol–water partition coefficient (Wildman–Crippen LogP) is 4.89. The molecule has 36 heavy (non-hydrogen) atoms. The highest BCUT2D eigenvalue weighted by Crippen LogP contribution is 2.41. The second-order valence-corrected chi connectivity index (χ2v) is 9.22. The third-order valence-electron chi connectivity index (χ3n) is 6.50. The van der Waals surface area contributed by atoms with Crippen LogP contribution in [0, 0.1) is 13.8 Å². The molecule has 0 radical (unpaired) electrons. The molecule has 1 aliphatic heterocycles. The van der Waals surface area contributed by atoms with Crippen molar-refractivity contribution in [3.05, 3.63) is 108 Å². The number of amides is 1. The molecule has 0 unspecified atom stereocenters. The van der Waals surface area contributed by atoms with Crippen LogP contribution < -0.4 is 10.6 Å². The zero-order chi connectivity index (χ0) is 25.1. The average Bonchev–Trinajstić information content (AvgIpc) is 3.38. The number of anilines is 1. The number of para-hydroxylation sites is 1. The quantitative estimate of drug-likeness (QED) is 0.355. The number of thiocarbonyl (C=S) groups is 1. The lowest BCUT2D eigenvalue weighted by atomic mass is 9.96. The van der Waals surface area contributed by atoms with Crippen molar-refractivity contribution < 1.29 is 4.79 Å². The maximum absolute atomic E-state index is 12.8. The van der Waals surface area contributed by atoms with Crippen molar-refractivity contribution in [2.45, 2.75) is 32.4 Å². The van der Waals surface area contributed by atoms with Crippen LogP contribution >= 0.6 is 12.2 Å². The molecule has 2 atom stereocenters. The number of carbonyl (C=O) groups excluding carboxylic acids is 1. The van der Waals surface area contributed by atoms with E-state index in [1.807, 2.05) is 66.7 Å². The number of hydrogen-bond donors (Lipinski definition) is 2. The molecule has 0 aliphatic carbocycles. The van der Waals surface area contributed by atoms with Crippen molar-refractivity contribution >= 4 is 28.9 Å². The zero-order valence-corrected chi connectivity index (χ0v) is 21.1. The molecule has 1 aromatic carbocycles. The first-order valence-corrected chi connectivity index (χ1v) is 12.4. The van der Waals surface area contributed by atoms with E-state index in [0.29, 0.717) is 18.1 Å². The van der Waals surface area contributed by atoms with Crippen LogP contribution in [0.2, 0.25) is 0 Å². The molecule has 1 aliphatic rings. The SMILES string of the molecule is Cc1cc([C@@H]2[C@@H](c3ccccn3)NC(=S)N2CCC(=O)Nc2ccccc2)c(C)n1-c1ccccn1. The number of pyridine rings is 2. The van der Waals surface area contributed by atoms with Crippen LogP contribution in [0.5, 0.6) is 0 Å². The van der Waals surface area contributed by atoms with Crippen molar-refractivity contribution in [2.24, 2.45) is 0 Å². The molecule has 0 saturated carbocycles. The van der Waals surface area contributed by atoms with Gasteiger partial charge in [-0.2, -0.15) is 0 Å². The Morgan fingerprint density at radius 3 is 2.42 bits per heavy atom. The van der Waals surface area contributed by atoms with Gasteiger partial charge in [0.25, 0.3) is 0 Å². The maximum atomic E-state index is 12.8. The highest BCUT2D eigenvalue weighted by atomic mass is 32.1. The summed E-state index contributed by atoms with van der Waals surface area (Å²) in [5.41, 5.74) is 4.99. The van der Waals surface area contributed by atoms with Gasteiger partial charge in [0, 0.05) is 42.4 Å². The lowest BCUT2D eigenvalue weighted by Gasteiger charge is -2.28. The zero-order valence-electron chi connectivity index (χ0n) is 20.3. The third-order valence-corrected chi connectivity index (χ3v) is 6.85. The first kappa shape index (κ1) is 23.7. The fourth-order valence-corrected chi connectivity index (χ4v) is 5.21. The molecular formula is C28H28N6OS. The van der Waals surface area contributed by atoms with E-state index in [-0.39, 0.29) is 18.0 Å². The first-order valence-electron chi connectivity index (χ1n) is 12.0. The topological polar surface area (TPSA) is 75.1 Å². The summed E-state index contributed by atoms with van der Waals surface area (Å²) in [6, 6.07) is 23.2. The van der Waals surface area contributed by atoms with E-state index < -0.39 is 0 Å². The largest absolute Gasteiger partial charge is 0.352 e. The number of nitrogens with zero attached hydrogens (tertiary/aromatic N) is 4. The van der Waals surface area contributed by atoms with Crippen molar-refractivity contribution in [3.8, 4) is 5.82 Å². The monoisotopic (exact) mass is 496 g/mol. The fraction of sp³-hybridized carbons (Fsp3) is 0.214. The standard InChI is InChI=1S/C28H28N6OS/c1-19-18-22(20(2)34(19)24-13-7-9-16-30-24)27-26(23-12-6-8-15-29-23)32-28(36)33(27)17-14-25(35)31-21-10-4-3-5-11-21/h3-13,15-16,18,26-27H,14,17H2,1-2H3,(H,31,35)(H,32,36)/t26-,27-/m1/s1. The van der Waals surface area contributed by atoms with Crippen molar-refractivity contribution in [1.82, 2.24) is 24.8 Å². The van der Waals surface area contributed by atoms with Gasteiger partial charge < -0.3 is 20.1 Å². The summed E-state index contributed by atoms with van der Waals surface area (Å²) in [7, 11) is 0. The first-order chi connectivity index (χ1) is 17.5. The molecule has 3 aromatic heterocycles. The highest BCUT2D eigenvalue weighted by Gasteiger charge is 2.41. The minimum Gasteiger partial charge on any atom is -0.352 e. The van der Waals surface area contributed by atoms with Crippen LogP contribution in [-0.2, 0) is 4.79 Å². The van der Waals surface area contributed by atoms with Crippen LogP contribution in [0.25, 0.3) is 5.82 Å². The van der Waals surface area contributed by atoms with E-state index in [1.54, 1.807) is 12.4 Å². The normalized spacial score (nSPS) is 17.2. The Kier molecular flexibility index (Phi) is 6.77. The van der Waals surface area contributed by atoms with Gasteiger partial charge in [0.15, 0.2) is 5.11 Å². The van der Waals surface area contributed by atoms with E-state index in [0.717, 1.165) is 34.2 Å². The van der Waals surface area contributed by atoms with Crippen molar-refractivity contribution in [2.75, 3.05) is 11.9 Å². The summed E-state index contributed by atoms with van der Waals surface area (Å²) in [6.45, 7) is 4.67. The Bertz CT molecular complexity index is 1360. The molecule has 1 saturated heterocycles. The summed E-state index contributed by atoms with van der Waals surface area (Å²) >= 11 is 5.79. The maximum Gasteiger partial charge on any atom is 0.226 e. The summed E-state index contributed by atoms with van der Waals surface area (Å²) in [6.07, 6.45) is 3.90. The van der Waals surface area contributed by atoms with E-state index in [4.69, 9.17) is 12.2 Å². The molecular weight excluding hydrogens is 468 g/mol. The number of aromatic nitrogens is 3. The number of carbonyl (C=O) groups is 1. The lowest BCUT2D eigenvalue weighted by molar-refractivity contribution is -0.116. The summed E-state index contributed by atoms with van der Waals surface area (Å²) < 4.78 is 2.16. The second-order valence-electron chi connectivity index (χ2n) is 8.83. The van der Waals surface area contributed by atoms with Crippen LogP contribution in [0.3, 0.4) is 0 Å². The Morgan fingerprint density at radius 1 is 1.00 bits per heavy atom. The van der Waals surface area contributed by atoms with Crippen LogP contribution in [0.1, 0.15) is 41.1 Å². The fourth-order valence-electron chi connectivity index (χ4n) is 4.88. The van der Waals surface area contributed by atoms with Gasteiger partial charge in [0.1, 0.15) is 5.82 Å². The Labute approximate surface area is 216 Å². The molecule has 0 bridgehead atoms. The highest BCUT2D eigenvalue weighted by molar-refractivity contribution is 7.80. The van der Waals surface area contributed by atoms with Crippen molar-refractivity contribution in [3.63, 3.8) is 0 Å². The molecule has 1 fully saturated rings. The van der Waals surface area contributed by atoms with Crippen LogP contribution in [0.15, 0.2) is 85.2 Å². The molecule has 8 heteroatoms. The minimum atomic E-state index is -0.145. The smallest absolute Gasteiger partial charge is 0.226 e. The molecule has 2 N–H and O–H groups in total. The van der Waals surface area contributed by atoms with Crippen molar-refractivity contribution in [1.29, 1.82) is 0 Å². The predicted molar refractivity (Wildman–Crippen MR) is 145 cm³/mol. The van der Waals surface area contributed by atoms with Gasteiger partial charge in [0.2, 0.25) is 5.91 Å². The Morgan fingerprint density at radius 2 is 1.72 bits per heavy atom. The summed E-state index contributed by atoms with van der Waals surface area (Å²) in [5, 5.41) is 7.06. The minimum absolute atomic E-state index is 0.0528. The van der Waals surface area contributed by atoms with Gasteiger partial charge >= 0.3 is 0 Å². The Balaban J connectivity index is 1.47. The van der Waals surface area contributed by atoms with Gasteiger partial charge in [-0.3, -0.25) is 9.78 Å². The molecule has 5 rings (SSSR count). The number of benzene rings is 1. The van der Waals surface area contributed by atoms with E-state index >= 15 is 0 Å². The molecule has 4 heterocycles. The van der Waals surface area contributed by atoms with Gasteiger partial charge in [-0.05, 0) is 74.1 Å². The molecule has 4 aromatic rings. The molecule has 1 amide bonds. The van der Waals surface area contributed by atoms with E-state index in [9.17, 15) is 4.79 Å². The van der Waals surface area contributed by atoms with Gasteiger partial charge in [-0.1, -0.05) is 30.3 Å². The number of aryl methyl sites for hydroxylation is 1. The third kappa shape index (κ3) is 4.72. The Hall–Kier alpha value is -4.04. The summed E-state index contributed by atoms with van der Waals surface area (Å²) in [5.74, 6) is 0.818. The lowest BCUT2D eigenvalue weighted by Crippen LogP contribution is -2.32. The molecule has 7 nitrogen and oxygen atoms in total. The molecule has 182 valence electrons. The average molecular weight is 497 g/mol. The van der Waals surface area contributed by atoms with Gasteiger partial charge in [0.05, 0.1) is 17.8 Å². The van der Waals surface area contributed by atoms with Gasteiger partial charge in [-0.15, -0.1) is 0 Å². The summed E-state index contributed by atoms with van der Waals surface area (Å²) in [4.78, 5) is 24.1. The number of rotatable bonds is 7. The molecule has 0 spiro atoms. The van der Waals surface area contributed by atoms with E-state index in [2.05, 4.69) is 50.0 Å².